The first kappa shape index (κ1) is 16.5. The molecule has 0 saturated carbocycles. The molecule has 22 heavy (non-hydrogen) atoms. The molecule has 0 aromatic heterocycles. The molecule has 0 aliphatic carbocycles. The number of anilines is 1. The van der Waals surface area contributed by atoms with Crippen LogP contribution in [-0.2, 0) is 25.5 Å². The third kappa shape index (κ3) is 3.84. The number of amides is 1. The van der Waals surface area contributed by atoms with Crippen LogP contribution in [0, 0.1) is 5.41 Å². The molecule has 1 heterocycles. The third-order valence-corrected chi connectivity index (χ3v) is 4.11. The van der Waals surface area contributed by atoms with Gasteiger partial charge in [0.2, 0.25) is 5.91 Å². The molecular weight excluding hydrogens is 284 g/mol. The van der Waals surface area contributed by atoms with Crippen molar-refractivity contribution in [1.82, 2.24) is 0 Å². The molecule has 1 fully saturated rings. The van der Waals surface area contributed by atoms with E-state index in [4.69, 9.17) is 10.5 Å². The van der Waals surface area contributed by atoms with Crippen molar-refractivity contribution in [3.8, 4) is 0 Å². The number of rotatable bonds is 5. The minimum atomic E-state index is -0.553. The molecule has 6 heteroatoms. The Hall–Kier alpha value is -1.92. The summed E-state index contributed by atoms with van der Waals surface area (Å²) in [5.74, 6) is -0.361. The SMILES string of the molecule is COC(=O)Cc1ccc(NC(=O)C2(CN)CCOCC2)cc1. The monoisotopic (exact) mass is 306 g/mol. The Kier molecular flexibility index (Phi) is 5.51. The van der Waals surface area contributed by atoms with Crippen LogP contribution in [0.3, 0.4) is 0 Å². The van der Waals surface area contributed by atoms with Crippen LogP contribution < -0.4 is 11.1 Å². The number of nitrogens with two attached hydrogens (primary N) is 1. The fraction of sp³-hybridized carbons (Fsp3) is 0.500. The molecule has 0 spiro atoms. The second-order valence-corrected chi connectivity index (χ2v) is 5.50. The summed E-state index contributed by atoms with van der Waals surface area (Å²) in [6, 6.07) is 7.15. The molecule has 120 valence electrons. The number of benzene rings is 1. The van der Waals surface area contributed by atoms with E-state index in [0.717, 1.165) is 5.56 Å². The minimum absolute atomic E-state index is 0.0704. The first-order valence-electron chi connectivity index (χ1n) is 7.35. The maximum absolute atomic E-state index is 12.5. The molecule has 2 rings (SSSR count). The largest absolute Gasteiger partial charge is 0.469 e. The molecule has 0 unspecified atom stereocenters. The lowest BCUT2D eigenvalue weighted by molar-refractivity contribution is -0.139. The Morgan fingerprint density at radius 3 is 2.45 bits per heavy atom. The summed E-state index contributed by atoms with van der Waals surface area (Å²) in [5, 5.41) is 2.91. The quantitative estimate of drug-likeness (QED) is 0.795. The van der Waals surface area contributed by atoms with Gasteiger partial charge in [-0.05, 0) is 30.5 Å². The number of hydrogen-bond donors (Lipinski definition) is 2. The molecule has 1 aliphatic heterocycles. The number of carbonyl (C=O) groups excluding carboxylic acids is 2. The van der Waals surface area contributed by atoms with Crippen molar-refractivity contribution in [2.45, 2.75) is 19.3 Å². The highest BCUT2D eigenvalue weighted by atomic mass is 16.5. The van der Waals surface area contributed by atoms with Gasteiger partial charge in [-0.2, -0.15) is 0 Å². The van der Waals surface area contributed by atoms with Crippen molar-refractivity contribution in [3.63, 3.8) is 0 Å². The first-order valence-corrected chi connectivity index (χ1v) is 7.35. The van der Waals surface area contributed by atoms with Crippen molar-refractivity contribution in [1.29, 1.82) is 0 Å². The van der Waals surface area contributed by atoms with Gasteiger partial charge in [-0.25, -0.2) is 0 Å². The summed E-state index contributed by atoms with van der Waals surface area (Å²) in [7, 11) is 1.36. The Balaban J connectivity index is 2.00. The van der Waals surface area contributed by atoms with Crippen LogP contribution in [0.25, 0.3) is 0 Å². The van der Waals surface area contributed by atoms with Crippen LogP contribution in [0.4, 0.5) is 5.69 Å². The van der Waals surface area contributed by atoms with Gasteiger partial charge in [0.25, 0.3) is 0 Å². The summed E-state index contributed by atoms with van der Waals surface area (Å²) < 4.78 is 9.93. The molecule has 1 aromatic carbocycles. The summed E-state index contributed by atoms with van der Waals surface area (Å²) in [6.07, 6.45) is 1.49. The lowest BCUT2D eigenvalue weighted by Crippen LogP contribution is -2.46. The predicted molar refractivity (Wildman–Crippen MR) is 82.3 cm³/mol. The van der Waals surface area contributed by atoms with Gasteiger partial charge < -0.3 is 20.5 Å². The molecule has 0 atom stereocenters. The average molecular weight is 306 g/mol. The van der Waals surface area contributed by atoms with Gasteiger partial charge >= 0.3 is 5.97 Å². The van der Waals surface area contributed by atoms with Crippen LogP contribution in [0.1, 0.15) is 18.4 Å². The fourth-order valence-corrected chi connectivity index (χ4v) is 2.49. The van der Waals surface area contributed by atoms with E-state index >= 15 is 0 Å². The first-order chi connectivity index (χ1) is 10.6. The smallest absolute Gasteiger partial charge is 0.309 e. The second kappa shape index (κ2) is 7.38. The van der Waals surface area contributed by atoms with E-state index in [1.165, 1.54) is 7.11 Å². The summed E-state index contributed by atoms with van der Waals surface area (Å²) in [6.45, 7) is 1.42. The number of methoxy groups -OCH3 is 1. The van der Waals surface area contributed by atoms with Gasteiger partial charge in [-0.3, -0.25) is 9.59 Å². The molecule has 1 amide bonds. The average Bonchev–Trinajstić information content (AvgIpc) is 2.57. The molecular formula is C16H22N2O4. The second-order valence-electron chi connectivity index (χ2n) is 5.50. The summed E-state index contributed by atoms with van der Waals surface area (Å²) >= 11 is 0. The van der Waals surface area contributed by atoms with Crippen LogP contribution >= 0.6 is 0 Å². The Morgan fingerprint density at radius 1 is 1.27 bits per heavy atom. The van der Waals surface area contributed by atoms with Gasteiger partial charge in [0, 0.05) is 25.4 Å². The molecule has 3 N–H and O–H groups in total. The lowest BCUT2D eigenvalue weighted by atomic mass is 9.79. The maximum Gasteiger partial charge on any atom is 0.309 e. The van der Waals surface area contributed by atoms with Gasteiger partial charge in [0.05, 0.1) is 18.9 Å². The number of carbonyl (C=O) groups is 2. The highest BCUT2D eigenvalue weighted by Gasteiger charge is 2.38. The van der Waals surface area contributed by atoms with E-state index in [0.29, 0.717) is 38.3 Å². The molecule has 6 nitrogen and oxygen atoms in total. The van der Waals surface area contributed by atoms with Crippen LogP contribution in [0.5, 0.6) is 0 Å². The molecule has 0 bridgehead atoms. The summed E-state index contributed by atoms with van der Waals surface area (Å²) in [4.78, 5) is 23.7. The molecule has 1 aliphatic rings. The zero-order valence-corrected chi connectivity index (χ0v) is 12.8. The number of esters is 1. The fourth-order valence-electron chi connectivity index (χ4n) is 2.49. The van der Waals surface area contributed by atoms with Crippen LogP contribution in [0.2, 0.25) is 0 Å². The minimum Gasteiger partial charge on any atom is -0.469 e. The Morgan fingerprint density at radius 2 is 1.91 bits per heavy atom. The Bertz CT molecular complexity index is 521. The van der Waals surface area contributed by atoms with Gasteiger partial charge in [-0.1, -0.05) is 12.1 Å². The standard InChI is InChI=1S/C16H22N2O4/c1-21-14(19)10-12-2-4-13(5-3-12)18-15(20)16(11-17)6-8-22-9-7-16/h2-5H,6-11,17H2,1H3,(H,18,20). The zero-order chi connectivity index (χ0) is 16.0. The highest BCUT2D eigenvalue weighted by Crippen LogP contribution is 2.30. The van der Waals surface area contributed by atoms with E-state index in [1.807, 2.05) is 0 Å². The van der Waals surface area contributed by atoms with E-state index < -0.39 is 5.41 Å². The van der Waals surface area contributed by atoms with Crippen LogP contribution in [-0.4, -0.2) is 38.7 Å². The number of hydrogen-bond acceptors (Lipinski definition) is 5. The van der Waals surface area contributed by atoms with E-state index in [1.54, 1.807) is 24.3 Å². The van der Waals surface area contributed by atoms with Gasteiger partial charge in [0.1, 0.15) is 0 Å². The summed E-state index contributed by atoms with van der Waals surface area (Å²) in [5.41, 5.74) is 6.80. The van der Waals surface area contributed by atoms with E-state index in [2.05, 4.69) is 10.1 Å². The third-order valence-electron chi connectivity index (χ3n) is 4.11. The van der Waals surface area contributed by atoms with Crippen molar-refractivity contribution >= 4 is 17.6 Å². The molecule has 0 radical (unpaired) electrons. The lowest BCUT2D eigenvalue weighted by Gasteiger charge is -2.34. The van der Waals surface area contributed by atoms with Gasteiger partial charge in [0.15, 0.2) is 0 Å². The topological polar surface area (TPSA) is 90.7 Å². The van der Waals surface area contributed by atoms with Crippen molar-refractivity contribution in [2.75, 3.05) is 32.2 Å². The molecule has 1 saturated heterocycles. The zero-order valence-electron chi connectivity index (χ0n) is 12.8. The van der Waals surface area contributed by atoms with Crippen molar-refractivity contribution in [2.24, 2.45) is 11.1 Å². The van der Waals surface area contributed by atoms with E-state index in [9.17, 15) is 9.59 Å². The van der Waals surface area contributed by atoms with Crippen LogP contribution in [0.15, 0.2) is 24.3 Å². The van der Waals surface area contributed by atoms with Crippen molar-refractivity contribution < 1.29 is 19.1 Å². The van der Waals surface area contributed by atoms with Crippen molar-refractivity contribution in [3.05, 3.63) is 29.8 Å². The Labute approximate surface area is 130 Å². The molecule has 1 aromatic rings. The van der Waals surface area contributed by atoms with Gasteiger partial charge in [-0.15, -0.1) is 0 Å². The number of ether oxygens (including phenoxy) is 2. The highest BCUT2D eigenvalue weighted by molar-refractivity contribution is 5.95. The normalized spacial score (nSPS) is 16.8. The number of nitrogens with one attached hydrogen (secondary N) is 1. The predicted octanol–water partition coefficient (Wildman–Crippen LogP) is 1.10. The maximum atomic E-state index is 12.5. The van der Waals surface area contributed by atoms with E-state index in [-0.39, 0.29) is 18.3 Å².